The van der Waals surface area contributed by atoms with Crippen LogP contribution in [0, 0.1) is 13.8 Å². The van der Waals surface area contributed by atoms with Gasteiger partial charge in [-0.05, 0) is 49.9 Å². The van der Waals surface area contributed by atoms with Crippen molar-refractivity contribution in [1.29, 1.82) is 0 Å². The summed E-state index contributed by atoms with van der Waals surface area (Å²) in [6.07, 6.45) is 3.95. The van der Waals surface area contributed by atoms with Gasteiger partial charge in [-0.1, -0.05) is 24.6 Å². The Kier molecular flexibility index (Phi) is 3.95. The molecule has 0 aromatic heterocycles. The molecule has 1 saturated heterocycles. The SMILES string of the molecule is Cc1ccc(CC(=O)C2CCCCN2)cc1C. The van der Waals surface area contributed by atoms with Crippen molar-refractivity contribution in [2.75, 3.05) is 6.54 Å². The number of benzene rings is 1. The van der Waals surface area contributed by atoms with Crippen LogP contribution in [-0.2, 0) is 11.2 Å². The lowest BCUT2D eigenvalue weighted by Gasteiger charge is -2.22. The molecule has 1 aliphatic heterocycles. The zero-order valence-corrected chi connectivity index (χ0v) is 10.8. The third-order valence-corrected chi connectivity index (χ3v) is 3.65. The number of carbonyl (C=O) groups is 1. The van der Waals surface area contributed by atoms with Gasteiger partial charge in [-0.3, -0.25) is 4.79 Å². The van der Waals surface area contributed by atoms with Crippen molar-refractivity contribution in [3.05, 3.63) is 34.9 Å². The summed E-state index contributed by atoms with van der Waals surface area (Å²) in [5, 5.41) is 3.32. The largest absolute Gasteiger partial charge is 0.307 e. The maximum absolute atomic E-state index is 12.1. The fraction of sp³-hybridized carbons (Fsp3) is 0.533. The van der Waals surface area contributed by atoms with Crippen LogP contribution in [0.4, 0.5) is 0 Å². The fourth-order valence-electron chi connectivity index (χ4n) is 2.36. The number of carbonyl (C=O) groups excluding carboxylic acids is 1. The van der Waals surface area contributed by atoms with Crippen LogP contribution >= 0.6 is 0 Å². The standard InChI is InChI=1S/C15H21NO/c1-11-6-7-13(9-12(11)2)10-15(17)14-5-3-4-8-16-14/h6-7,9,14,16H,3-5,8,10H2,1-2H3. The number of nitrogens with one attached hydrogen (secondary N) is 1. The Balaban J connectivity index is 1.99. The Morgan fingerprint density at radius 2 is 2.12 bits per heavy atom. The van der Waals surface area contributed by atoms with Gasteiger partial charge in [0.05, 0.1) is 6.04 Å². The first-order valence-corrected chi connectivity index (χ1v) is 6.49. The Hall–Kier alpha value is -1.15. The van der Waals surface area contributed by atoms with E-state index in [1.807, 2.05) is 0 Å². The number of aryl methyl sites for hydroxylation is 2. The molecule has 2 rings (SSSR count). The normalized spacial score (nSPS) is 20.2. The zero-order chi connectivity index (χ0) is 12.3. The minimum Gasteiger partial charge on any atom is -0.307 e. The van der Waals surface area contributed by atoms with E-state index in [1.165, 1.54) is 24.0 Å². The first-order valence-electron chi connectivity index (χ1n) is 6.49. The van der Waals surface area contributed by atoms with E-state index >= 15 is 0 Å². The van der Waals surface area contributed by atoms with Gasteiger partial charge in [0, 0.05) is 6.42 Å². The molecule has 92 valence electrons. The molecule has 1 aliphatic rings. The van der Waals surface area contributed by atoms with E-state index in [0.29, 0.717) is 12.2 Å². The molecular weight excluding hydrogens is 210 g/mol. The monoisotopic (exact) mass is 231 g/mol. The highest BCUT2D eigenvalue weighted by atomic mass is 16.1. The molecule has 0 aliphatic carbocycles. The lowest BCUT2D eigenvalue weighted by atomic mass is 9.95. The highest BCUT2D eigenvalue weighted by molar-refractivity contribution is 5.86. The summed E-state index contributed by atoms with van der Waals surface area (Å²) < 4.78 is 0. The molecule has 1 N–H and O–H groups in total. The van der Waals surface area contributed by atoms with Gasteiger partial charge in [-0.15, -0.1) is 0 Å². The van der Waals surface area contributed by atoms with Crippen LogP contribution in [0.25, 0.3) is 0 Å². The van der Waals surface area contributed by atoms with Crippen molar-refractivity contribution >= 4 is 5.78 Å². The predicted molar refractivity (Wildman–Crippen MR) is 70.3 cm³/mol. The summed E-state index contributed by atoms with van der Waals surface area (Å²) >= 11 is 0. The molecule has 0 radical (unpaired) electrons. The first-order chi connectivity index (χ1) is 8.16. The van der Waals surface area contributed by atoms with Crippen molar-refractivity contribution in [2.45, 2.75) is 45.6 Å². The lowest BCUT2D eigenvalue weighted by molar-refractivity contribution is -0.120. The third kappa shape index (κ3) is 3.16. The second-order valence-corrected chi connectivity index (χ2v) is 5.06. The zero-order valence-electron chi connectivity index (χ0n) is 10.8. The number of rotatable bonds is 3. The minimum absolute atomic E-state index is 0.0883. The summed E-state index contributed by atoms with van der Waals surface area (Å²) in [4.78, 5) is 12.1. The van der Waals surface area contributed by atoms with Gasteiger partial charge in [0.1, 0.15) is 0 Å². The molecule has 1 heterocycles. The van der Waals surface area contributed by atoms with E-state index < -0.39 is 0 Å². The van der Waals surface area contributed by atoms with Crippen LogP contribution in [0.3, 0.4) is 0 Å². The fourth-order valence-corrected chi connectivity index (χ4v) is 2.36. The topological polar surface area (TPSA) is 29.1 Å². The maximum atomic E-state index is 12.1. The van der Waals surface area contributed by atoms with Crippen molar-refractivity contribution in [2.24, 2.45) is 0 Å². The van der Waals surface area contributed by atoms with Crippen LogP contribution in [0.1, 0.15) is 36.0 Å². The highest BCUT2D eigenvalue weighted by Gasteiger charge is 2.20. The van der Waals surface area contributed by atoms with Crippen molar-refractivity contribution in [1.82, 2.24) is 5.32 Å². The van der Waals surface area contributed by atoms with Crippen LogP contribution in [0.15, 0.2) is 18.2 Å². The Bertz CT molecular complexity index is 405. The smallest absolute Gasteiger partial charge is 0.154 e. The average Bonchev–Trinajstić information content (AvgIpc) is 2.35. The maximum Gasteiger partial charge on any atom is 0.154 e. The Morgan fingerprint density at radius 1 is 1.29 bits per heavy atom. The number of piperidine rings is 1. The van der Waals surface area contributed by atoms with Gasteiger partial charge in [-0.2, -0.15) is 0 Å². The van der Waals surface area contributed by atoms with Crippen LogP contribution in [0.2, 0.25) is 0 Å². The van der Waals surface area contributed by atoms with E-state index in [4.69, 9.17) is 0 Å². The Labute approximate surface area is 103 Å². The van der Waals surface area contributed by atoms with Gasteiger partial charge < -0.3 is 5.32 Å². The van der Waals surface area contributed by atoms with Gasteiger partial charge in [-0.25, -0.2) is 0 Å². The summed E-state index contributed by atoms with van der Waals surface area (Å²) in [5.74, 6) is 0.341. The third-order valence-electron chi connectivity index (χ3n) is 3.65. The van der Waals surface area contributed by atoms with E-state index in [0.717, 1.165) is 18.5 Å². The van der Waals surface area contributed by atoms with Gasteiger partial charge in [0.25, 0.3) is 0 Å². The molecular formula is C15H21NO. The summed E-state index contributed by atoms with van der Waals surface area (Å²) in [6.45, 7) is 5.19. The molecule has 1 atom stereocenters. The van der Waals surface area contributed by atoms with Gasteiger partial charge in [0.15, 0.2) is 5.78 Å². The van der Waals surface area contributed by atoms with Crippen LogP contribution in [-0.4, -0.2) is 18.4 Å². The molecule has 1 aromatic carbocycles. The summed E-state index contributed by atoms with van der Waals surface area (Å²) in [5.41, 5.74) is 3.70. The van der Waals surface area contributed by atoms with E-state index in [-0.39, 0.29) is 6.04 Å². The number of hydrogen-bond acceptors (Lipinski definition) is 2. The van der Waals surface area contributed by atoms with Gasteiger partial charge >= 0.3 is 0 Å². The molecule has 0 saturated carbocycles. The minimum atomic E-state index is 0.0883. The van der Waals surface area contributed by atoms with Crippen molar-refractivity contribution < 1.29 is 4.79 Å². The van der Waals surface area contributed by atoms with Crippen LogP contribution in [0.5, 0.6) is 0 Å². The van der Waals surface area contributed by atoms with Crippen LogP contribution < -0.4 is 5.32 Å². The number of hydrogen-bond donors (Lipinski definition) is 1. The first kappa shape index (κ1) is 12.3. The second kappa shape index (κ2) is 5.46. The van der Waals surface area contributed by atoms with Crippen molar-refractivity contribution in [3.63, 3.8) is 0 Å². The predicted octanol–water partition coefficient (Wildman–Crippen LogP) is 2.56. The van der Waals surface area contributed by atoms with E-state index in [9.17, 15) is 4.79 Å². The van der Waals surface area contributed by atoms with E-state index in [1.54, 1.807) is 0 Å². The molecule has 17 heavy (non-hydrogen) atoms. The number of Topliss-reactive ketones (excluding diaryl/α,β-unsaturated/α-hetero) is 1. The second-order valence-electron chi connectivity index (χ2n) is 5.06. The summed E-state index contributed by atoms with van der Waals surface area (Å²) in [7, 11) is 0. The Morgan fingerprint density at radius 3 is 2.76 bits per heavy atom. The molecule has 2 nitrogen and oxygen atoms in total. The molecule has 1 unspecified atom stereocenters. The highest BCUT2D eigenvalue weighted by Crippen LogP contribution is 2.14. The summed E-state index contributed by atoms with van der Waals surface area (Å²) in [6, 6.07) is 6.40. The molecule has 1 aromatic rings. The lowest BCUT2D eigenvalue weighted by Crippen LogP contribution is -2.41. The van der Waals surface area contributed by atoms with Crippen molar-refractivity contribution in [3.8, 4) is 0 Å². The van der Waals surface area contributed by atoms with Gasteiger partial charge in [0.2, 0.25) is 0 Å². The molecule has 1 fully saturated rings. The average molecular weight is 231 g/mol. The quantitative estimate of drug-likeness (QED) is 0.866. The molecule has 0 amide bonds. The molecule has 0 spiro atoms. The molecule has 0 bridgehead atoms. The van der Waals surface area contributed by atoms with E-state index in [2.05, 4.69) is 37.4 Å². The number of ketones is 1. The molecule has 2 heteroatoms.